The molecule has 106 valence electrons. The molecule has 1 heterocycles. The molecule has 6 heteroatoms. The molecule has 1 amide bonds. The lowest BCUT2D eigenvalue weighted by Crippen LogP contribution is -2.44. The highest BCUT2D eigenvalue weighted by atomic mass is 32.1. The zero-order valence-corrected chi connectivity index (χ0v) is 12.2. The molecule has 1 rings (SSSR count). The van der Waals surface area contributed by atoms with Gasteiger partial charge in [0.15, 0.2) is 0 Å². The van der Waals surface area contributed by atoms with Gasteiger partial charge in [-0.1, -0.05) is 0 Å². The van der Waals surface area contributed by atoms with Gasteiger partial charge in [-0.3, -0.25) is 9.59 Å². The van der Waals surface area contributed by atoms with Crippen molar-refractivity contribution in [1.82, 2.24) is 10.6 Å². The quantitative estimate of drug-likeness (QED) is 0.707. The Bertz CT molecular complexity index is 443. The summed E-state index contributed by atoms with van der Waals surface area (Å²) in [6.45, 7) is 6.21. The van der Waals surface area contributed by atoms with Crippen LogP contribution in [0.25, 0.3) is 0 Å². The maximum Gasteiger partial charge on any atom is 0.308 e. The van der Waals surface area contributed by atoms with E-state index in [2.05, 4.69) is 10.6 Å². The lowest BCUT2D eigenvalue weighted by molar-refractivity contribution is -0.136. The second-order valence-electron chi connectivity index (χ2n) is 4.70. The van der Waals surface area contributed by atoms with Crippen LogP contribution in [-0.4, -0.2) is 29.1 Å². The fourth-order valence-electron chi connectivity index (χ4n) is 1.52. The first-order valence-corrected chi connectivity index (χ1v) is 7.03. The van der Waals surface area contributed by atoms with E-state index in [1.54, 1.807) is 0 Å². The number of rotatable bonds is 7. The molecule has 0 saturated heterocycles. The second kappa shape index (κ2) is 7.25. The summed E-state index contributed by atoms with van der Waals surface area (Å²) in [6, 6.07) is 3.56. The maximum atomic E-state index is 11.7. The van der Waals surface area contributed by atoms with Gasteiger partial charge in [-0.2, -0.15) is 0 Å². The number of carbonyl (C=O) groups excluding carboxylic acids is 1. The molecular weight excluding hydrogens is 264 g/mol. The molecule has 5 nitrogen and oxygen atoms in total. The van der Waals surface area contributed by atoms with Crippen molar-refractivity contribution in [3.63, 3.8) is 0 Å². The summed E-state index contributed by atoms with van der Waals surface area (Å²) in [7, 11) is 0. The molecular formula is C13H20N2O3S. The summed E-state index contributed by atoms with van der Waals surface area (Å²) in [5.41, 5.74) is 0. The monoisotopic (exact) mass is 284 g/mol. The third kappa shape index (κ3) is 5.85. The minimum Gasteiger partial charge on any atom is -0.481 e. The van der Waals surface area contributed by atoms with Crippen molar-refractivity contribution >= 4 is 23.2 Å². The van der Waals surface area contributed by atoms with Crippen molar-refractivity contribution in [2.45, 2.75) is 45.8 Å². The second-order valence-corrected chi connectivity index (χ2v) is 5.96. The molecule has 0 saturated carbocycles. The van der Waals surface area contributed by atoms with Gasteiger partial charge >= 0.3 is 5.97 Å². The highest BCUT2D eigenvalue weighted by Gasteiger charge is 2.13. The zero-order valence-electron chi connectivity index (χ0n) is 11.4. The number of carboxylic acid groups (broad SMARTS) is 1. The van der Waals surface area contributed by atoms with Crippen LogP contribution in [-0.2, 0) is 22.6 Å². The van der Waals surface area contributed by atoms with Crippen molar-refractivity contribution in [2.24, 2.45) is 0 Å². The molecule has 1 aromatic heterocycles. The highest BCUT2D eigenvalue weighted by molar-refractivity contribution is 7.12. The van der Waals surface area contributed by atoms with Crippen LogP contribution in [0.15, 0.2) is 12.1 Å². The van der Waals surface area contributed by atoms with Crippen LogP contribution in [0.1, 0.15) is 30.5 Å². The van der Waals surface area contributed by atoms with Gasteiger partial charge in [0.25, 0.3) is 0 Å². The number of thiophene rings is 1. The SMILES string of the molecule is CC(C)NC(=O)C(C)NCc1ccc(CC(=O)O)s1. The van der Waals surface area contributed by atoms with E-state index in [1.807, 2.05) is 32.9 Å². The topological polar surface area (TPSA) is 78.4 Å². The van der Waals surface area contributed by atoms with Crippen molar-refractivity contribution in [1.29, 1.82) is 0 Å². The largest absolute Gasteiger partial charge is 0.481 e. The van der Waals surface area contributed by atoms with E-state index in [4.69, 9.17) is 5.11 Å². The molecule has 0 aliphatic heterocycles. The summed E-state index contributed by atoms with van der Waals surface area (Å²) in [4.78, 5) is 24.1. The molecule has 1 unspecified atom stereocenters. The van der Waals surface area contributed by atoms with Crippen molar-refractivity contribution < 1.29 is 14.7 Å². The standard InChI is InChI=1S/C13H20N2O3S/c1-8(2)15-13(18)9(3)14-7-11-5-4-10(19-11)6-12(16)17/h4-5,8-9,14H,6-7H2,1-3H3,(H,15,18)(H,16,17). The van der Waals surface area contributed by atoms with Crippen LogP contribution in [0, 0.1) is 0 Å². The van der Waals surface area contributed by atoms with Crippen LogP contribution >= 0.6 is 11.3 Å². The van der Waals surface area contributed by atoms with Crippen LogP contribution in [0.3, 0.4) is 0 Å². The van der Waals surface area contributed by atoms with E-state index in [1.165, 1.54) is 11.3 Å². The smallest absolute Gasteiger partial charge is 0.308 e. The van der Waals surface area contributed by atoms with Gasteiger partial charge in [0, 0.05) is 22.3 Å². The molecule has 0 aliphatic rings. The lowest BCUT2D eigenvalue weighted by Gasteiger charge is -2.15. The molecule has 0 spiro atoms. The van der Waals surface area contributed by atoms with E-state index < -0.39 is 5.97 Å². The summed E-state index contributed by atoms with van der Waals surface area (Å²) < 4.78 is 0. The van der Waals surface area contributed by atoms with Crippen LogP contribution in [0.2, 0.25) is 0 Å². The predicted octanol–water partition coefficient (Wildman–Crippen LogP) is 1.38. The van der Waals surface area contributed by atoms with Gasteiger partial charge in [-0.15, -0.1) is 11.3 Å². The molecule has 0 fully saturated rings. The van der Waals surface area contributed by atoms with Crippen molar-refractivity contribution in [3.05, 3.63) is 21.9 Å². The first kappa shape index (κ1) is 15.7. The molecule has 0 aromatic carbocycles. The summed E-state index contributed by atoms with van der Waals surface area (Å²) in [6.07, 6.45) is 0.0497. The minimum absolute atomic E-state index is 0.0303. The van der Waals surface area contributed by atoms with Crippen LogP contribution < -0.4 is 10.6 Å². The number of carboxylic acids is 1. The Hall–Kier alpha value is -1.40. The molecule has 0 radical (unpaired) electrons. The summed E-state index contributed by atoms with van der Waals surface area (Å²) in [5.74, 6) is -0.858. The molecule has 3 N–H and O–H groups in total. The van der Waals surface area contributed by atoms with Crippen molar-refractivity contribution in [3.8, 4) is 0 Å². The van der Waals surface area contributed by atoms with Gasteiger partial charge < -0.3 is 15.7 Å². The number of amides is 1. The number of nitrogens with one attached hydrogen (secondary N) is 2. The minimum atomic E-state index is -0.828. The van der Waals surface area contributed by atoms with E-state index in [-0.39, 0.29) is 24.4 Å². The average molecular weight is 284 g/mol. The third-order valence-electron chi connectivity index (χ3n) is 2.45. The fraction of sp³-hybridized carbons (Fsp3) is 0.538. The Morgan fingerprint density at radius 2 is 1.89 bits per heavy atom. The highest BCUT2D eigenvalue weighted by Crippen LogP contribution is 2.17. The third-order valence-corrected chi connectivity index (χ3v) is 3.53. The molecule has 0 bridgehead atoms. The van der Waals surface area contributed by atoms with Crippen molar-refractivity contribution in [2.75, 3.05) is 0 Å². The molecule has 0 aliphatic carbocycles. The van der Waals surface area contributed by atoms with Crippen LogP contribution in [0.5, 0.6) is 0 Å². The van der Waals surface area contributed by atoms with Gasteiger partial charge in [0.2, 0.25) is 5.91 Å². The van der Waals surface area contributed by atoms with Gasteiger partial charge in [-0.25, -0.2) is 0 Å². The average Bonchev–Trinajstić information content (AvgIpc) is 2.71. The number of hydrogen-bond donors (Lipinski definition) is 3. The van der Waals surface area contributed by atoms with Gasteiger partial charge in [-0.05, 0) is 32.9 Å². The Morgan fingerprint density at radius 1 is 1.26 bits per heavy atom. The summed E-state index contributed by atoms with van der Waals surface area (Å²) in [5, 5.41) is 14.6. The zero-order chi connectivity index (χ0) is 14.4. The summed E-state index contributed by atoms with van der Waals surface area (Å²) >= 11 is 1.45. The Labute approximate surface area is 117 Å². The fourth-order valence-corrected chi connectivity index (χ4v) is 2.48. The van der Waals surface area contributed by atoms with E-state index in [9.17, 15) is 9.59 Å². The van der Waals surface area contributed by atoms with Crippen LogP contribution in [0.4, 0.5) is 0 Å². The maximum absolute atomic E-state index is 11.7. The lowest BCUT2D eigenvalue weighted by atomic mass is 10.2. The number of hydrogen-bond acceptors (Lipinski definition) is 4. The Balaban J connectivity index is 2.41. The van der Waals surface area contributed by atoms with Gasteiger partial charge in [0.05, 0.1) is 12.5 Å². The van der Waals surface area contributed by atoms with Gasteiger partial charge in [0.1, 0.15) is 0 Å². The first-order valence-electron chi connectivity index (χ1n) is 6.21. The van der Waals surface area contributed by atoms with E-state index in [0.717, 1.165) is 9.75 Å². The number of aliphatic carboxylic acids is 1. The molecule has 1 aromatic rings. The predicted molar refractivity (Wildman–Crippen MR) is 75.2 cm³/mol. The Kier molecular flexibility index (Phi) is 5.98. The normalized spacial score (nSPS) is 12.4. The first-order chi connectivity index (χ1) is 8.88. The molecule has 1 atom stereocenters. The van der Waals surface area contributed by atoms with E-state index >= 15 is 0 Å². The number of carbonyl (C=O) groups is 2. The Morgan fingerprint density at radius 3 is 2.47 bits per heavy atom. The molecule has 19 heavy (non-hydrogen) atoms. The van der Waals surface area contributed by atoms with E-state index in [0.29, 0.717) is 6.54 Å².